The summed E-state index contributed by atoms with van der Waals surface area (Å²) in [5.41, 5.74) is 2.27. The number of benzene rings is 1. The molecule has 2 amide bonds. The molecule has 0 radical (unpaired) electrons. The Bertz CT molecular complexity index is 844. The van der Waals surface area contributed by atoms with Gasteiger partial charge in [-0.1, -0.05) is 23.4 Å². The van der Waals surface area contributed by atoms with Crippen molar-refractivity contribution in [1.29, 1.82) is 0 Å². The van der Waals surface area contributed by atoms with Gasteiger partial charge in [-0.3, -0.25) is 9.59 Å². The number of likely N-dealkylation sites (tertiary alicyclic amines) is 1. The molecule has 1 aliphatic rings. The van der Waals surface area contributed by atoms with Crippen molar-refractivity contribution in [2.45, 2.75) is 26.9 Å². The van der Waals surface area contributed by atoms with Gasteiger partial charge in [0, 0.05) is 45.1 Å². The number of amides is 2. The van der Waals surface area contributed by atoms with Gasteiger partial charge in [-0.2, -0.15) is 0 Å². The van der Waals surface area contributed by atoms with Crippen molar-refractivity contribution in [2.24, 2.45) is 5.92 Å². The Morgan fingerprint density at radius 1 is 1.34 bits per heavy atom. The minimum atomic E-state index is -0.324. The van der Waals surface area contributed by atoms with Gasteiger partial charge in [0.1, 0.15) is 12.4 Å². The number of aryl methyl sites for hydroxylation is 2. The molecule has 1 N–H and O–H groups in total. The molecule has 8 nitrogen and oxygen atoms in total. The maximum Gasteiger partial charge on any atom is 0.273 e. The van der Waals surface area contributed by atoms with E-state index in [0.29, 0.717) is 38.4 Å². The molecule has 1 unspecified atom stereocenters. The highest BCUT2D eigenvalue weighted by Gasteiger charge is 2.29. The van der Waals surface area contributed by atoms with Crippen molar-refractivity contribution in [3.8, 4) is 5.75 Å². The van der Waals surface area contributed by atoms with Crippen molar-refractivity contribution < 1.29 is 23.6 Å². The zero-order valence-corrected chi connectivity index (χ0v) is 17.1. The van der Waals surface area contributed by atoms with Gasteiger partial charge in [0.15, 0.2) is 11.5 Å². The summed E-state index contributed by atoms with van der Waals surface area (Å²) in [5.74, 6) is 1.13. The first-order valence-electron chi connectivity index (χ1n) is 9.67. The fourth-order valence-corrected chi connectivity index (χ4v) is 3.39. The molecule has 156 valence electrons. The van der Waals surface area contributed by atoms with E-state index in [1.54, 1.807) is 18.1 Å². The van der Waals surface area contributed by atoms with Crippen LogP contribution in [0.25, 0.3) is 0 Å². The van der Waals surface area contributed by atoms with Gasteiger partial charge in [0.25, 0.3) is 5.91 Å². The lowest BCUT2D eigenvalue weighted by atomic mass is 10.1. The number of para-hydroxylation sites is 1. The summed E-state index contributed by atoms with van der Waals surface area (Å²) in [6, 6.07) is 7.51. The van der Waals surface area contributed by atoms with Crippen LogP contribution >= 0.6 is 0 Å². The summed E-state index contributed by atoms with van der Waals surface area (Å²) in [6.07, 6.45) is 0.428. The third-order valence-electron chi connectivity index (χ3n) is 4.97. The minimum absolute atomic E-state index is 0.0852. The molecule has 1 aromatic heterocycles. The Morgan fingerprint density at radius 3 is 2.83 bits per heavy atom. The Balaban J connectivity index is 1.48. The molecular weight excluding hydrogens is 374 g/mol. The smallest absolute Gasteiger partial charge is 0.273 e. The van der Waals surface area contributed by atoms with E-state index in [2.05, 4.69) is 10.5 Å². The third kappa shape index (κ3) is 5.35. The Kier molecular flexibility index (Phi) is 6.87. The number of nitrogens with zero attached hydrogens (tertiary/aromatic N) is 2. The van der Waals surface area contributed by atoms with Crippen LogP contribution in [0, 0.1) is 19.8 Å². The van der Waals surface area contributed by atoms with Gasteiger partial charge in [-0.15, -0.1) is 0 Å². The number of hydrogen-bond acceptors (Lipinski definition) is 6. The highest BCUT2D eigenvalue weighted by atomic mass is 16.5. The van der Waals surface area contributed by atoms with Crippen LogP contribution in [0.3, 0.4) is 0 Å². The number of rotatable bonds is 9. The highest BCUT2D eigenvalue weighted by Crippen LogP contribution is 2.23. The molecule has 8 heteroatoms. The molecular formula is C21H27N3O5. The number of ether oxygens (including phenoxy) is 2. The summed E-state index contributed by atoms with van der Waals surface area (Å²) in [4.78, 5) is 26.1. The molecule has 1 aliphatic heterocycles. The van der Waals surface area contributed by atoms with E-state index in [-0.39, 0.29) is 30.0 Å². The zero-order valence-electron chi connectivity index (χ0n) is 17.1. The lowest BCUT2D eigenvalue weighted by Crippen LogP contribution is -2.32. The first kappa shape index (κ1) is 20.9. The quantitative estimate of drug-likeness (QED) is 0.692. The molecule has 0 bridgehead atoms. The maximum atomic E-state index is 12.3. The van der Waals surface area contributed by atoms with Gasteiger partial charge in [0.05, 0.1) is 6.61 Å². The minimum Gasteiger partial charge on any atom is -0.485 e. The number of nitrogens with one attached hydrogen (secondary N) is 1. The Hall–Kier alpha value is -2.87. The van der Waals surface area contributed by atoms with Crippen molar-refractivity contribution in [3.05, 3.63) is 46.8 Å². The first-order chi connectivity index (χ1) is 14.0. The average Bonchev–Trinajstić information content (AvgIpc) is 3.31. The lowest BCUT2D eigenvalue weighted by Gasteiger charge is -2.15. The summed E-state index contributed by atoms with van der Waals surface area (Å²) in [6.45, 7) is 6.27. The van der Waals surface area contributed by atoms with Crippen molar-refractivity contribution in [2.75, 3.05) is 33.4 Å². The standard InChI is InChI=1S/C21H27N3O5/c1-14-5-4-6-15(2)20(14)28-13-17-10-18(23-29-17)21(26)22-11-16-9-19(25)24(12-16)7-8-27-3/h4-6,10,16H,7-9,11-13H2,1-3H3,(H,22,26). The summed E-state index contributed by atoms with van der Waals surface area (Å²) in [7, 11) is 1.61. The van der Waals surface area contributed by atoms with Crippen LogP contribution in [0.4, 0.5) is 0 Å². The molecule has 2 aromatic rings. The second-order valence-corrected chi connectivity index (χ2v) is 7.30. The van der Waals surface area contributed by atoms with E-state index in [1.807, 2.05) is 32.0 Å². The van der Waals surface area contributed by atoms with Crippen LogP contribution in [0.5, 0.6) is 5.75 Å². The van der Waals surface area contributed by atoms with Gasteiger partial charge in [-0.05, 0) is 25.0 Å². The maximum absolute atomic E-state index is 12.3. The normalized spacial score (nSPS) is 16.3. The Labute approximate surface area is 170 Å². The second-order valence-electron chi connectivity index (χ2n) is 7.30. The SMILES string of the molecule is COCCN1CC(CNC(=O)c2cc(COc3c(C)cccc3C)on2)CC1=O. The second kappa shape index (κ2) is 9.56. The predicted molar refractivity (Wildman–Crippen MR) is 106 cm³/mol. The lowest BCUT2D eigenvalue weighted by molar-refractivity contribution is -0.128. The van der Waals surface area contributed by atoms with Gasteiger partial charge in [-0.25, -0.2) is 0 Å². The van der Waals surface area contributed by atoms with E-state index in [0.717, 1.165) is 16.9 Å². The Morgan fingerprint density at radius 2 is 2.10 bits per heavy atom. The van der Waals surface area contributed by atoms with E-state index in [1.165, 1.54) is 0 Å². The zero-order chi connectivity index (χ0) is 20.8. The summed E-state index contributed by atoms with van der Waals surface area (Å²) < 4.78 is 16.1. The van der Waals surface area contributed by atoms with Crippen molar-refractivity contribution in [1.82, 2.24) is 15.4 Å². The van der Waals surface area contributed by atoms with Crippen molar-refractivity contribution >= 4 is 11.8 Å². The molecule has 1 saturated heterocycles. The molecule has 0 aliphatic carbocycles. The van der Waals surface area contributed by atoms with Crippen molar-refractivity contribution in [3.63, 3.8) is 0 Å². The average molecular weight is 401 g/mol. The van der Waals surface area contributed by atoms with Crippen LogP contribution in [0.15, 0.2) is 28.8 Å². The predicted octanol–water partition coefficient (Wildman–Crippen LogP) is 2.10. The van der Waals surface area contributed by atoms with E-state index >= 15 is 0 Å². The third-order valence-corrected chi connectivity index (χ3v) is 4.97. The van der Waals surface area contributed by atoms with Crippen LogP contribution in [-0.4, -0.2) is 55.2 Å². The highest BCUT2D eigenvalue weighted by molar-refractivity contribution is 5.92. The van der Waals surface area contributed by atoms with E-state index in [9.17, 15) is 9.59 Å². The monoisotopic (exact) mass is 401 g/mol. The largest absolute Gasteiger partial charge is 0.485 e. The van der Waals surface area contributed by atoms with Gasteiger partial charge < -0.3 is 24.2 Å². The number of carbonyl (C=O) groups excluding carboxylic acids is 2. The molecule has 29 heavy (non-hydrogen) atoms. The van der Waals surface area contributed by atoms with Crippen LogP contribution < -0.4 is 10.1 Å². The van der Waals surface area contributed by atoms with Crippen LogP contribution in [-0.2, 0) is 16.1 Å². The molecule has 0 saturated carbocycles. The molecule has 1 fully saturated rings. The number of carbonyl (C=O) groups is 2. The molecule has 1 aromatic carbocycles. The van der Waals surface area contributed by atoms with Gasteiger partial charge >= 0.3 is 0 Å². The van der Waals surface area contributed by atoms with Gasteiger partial charge in [0.2, 0.25) is 5.91 Å². The van der Waals surface area contributed by atoms with Crippen LogP contribution in [0.1, 0.15) is 33.8 Å². The van der Waals surface area contributed by atoms with Crippen LogP contribution in [0.2, 0.25) is 0 Å². The topological polar surface area (TPSA) is 93.9 Å². The fraction of sp³-hybridized carbons (Fsp3) is 0.476. The van der Waals surface area contributed by atoms with E-state index in [4.69, 9.17) is 14.0 Å². The number of aromatic nitrogens is 1. The van der Waals surface area contributed by atoms with E-state index < -0.39 is 0 Å². The fourth-order valence-electron chi connectivity index (χ4n) is 3.39. The molecule has 0 spiro atoms. The molecule has 3 rings (SSSR count). The summed E-state index contributed by atoms with van der Waals surface area (Å²) >= 11 is 0. The number of methoxy groups -OCH3 is 1. The number of hydrogen-bond donors (Lipinski definition) is 1. The molecule has 2 heterocycles. The summed E-state index contributed by atoms with van der Waals surface area (Å²) in [5, 5.41) is 6.66. The molecule has 1 atom stereocenters. The first-order valence-corrected chi connectivity index (χ1v) is 9.67.